The Hall–Kier alpha value is -0.250. The highest BCUT2D eigenvalue weighted by molar-refractivity contribution is 9.11. The number of hydrogen-bond donors (Lipinski definition) is 2. The SMILES string of the molecule is CC(Cc1ccsc1)NS(=O)(=O)c1cc(CO)sc1Br. The number of hydrogen-bond acceptors (Lipinski definition) is 5. The molecule has 0 bridgehead atoms. The fraction of sp³-hybridized carbons (Fsp3) is 0.333. The van der Waals surface area contributed by atoms with Gasteiger partial charge in [-0.2, -0.15) is 11.3 Å². The lowest BCUT2D eigenvalue weighted by atomic mass is 10.1. The molecule has 2 N–H and O–H groups in total. The maximum absolute atomic E-state index is 12.3. The molecule has 8 heteroatoms. The van der Waals surface area contributed by atoms with Crippen LogP contribution in [0.3, 0.4) is 0 Å². The van der Waals surface area contributed by atoms with Crippen LogP contribution in [0.25, 0.3) is 0 Å². The highest BCUT2D eigenvalue weighted by atomic mass is 79.9. The van der Waals surface area contributed by atoms with E-state index in [1.165, 1.54) is 17.4 Å². The molecular weight excluding hydrogens is 382 g/mol. The predicted molar refractivity (Wildman–Crippen MR) is 85.7 cm³/mol. The van der Waals surface area contributed by atoms with Gasteiger partial charge in [-0.1, -0.05) is 0 Å². The molecule has 0 amide bonds. The van der Waals surface area contributed by atoms with Crippen LogP contribution >= 0.6 is 38.6 Å². The number of halogens is 1. The van der Waals surface area contributed by atoms with Crippen molar-refractivity contribution in [2.45, 2.75) is 30.9 Å². The highest BCUT2D eigenvalue weighted by Crippen LogP contribution is 2.31. The molecule has 2 rings (SSSR count). The van der Waals surface area contributed by atoms with Gasteiger partial charge >= 0.3 is 0 Å². The average molecular weight is 396 g/mol. The predicted octanol–water partition coefficient (Wildman–Crippen LogP) is 2.97. The standard InChI is InChI=1S/C12H14BrNO3S3/c1-8(4-9-2-3-18-7-9)14-20(16,17)11-5-10(6-15)19-12(11)13/h2-3,5,7-8,14-15H,4,6H2,1H3. The number of rotatable bonds is 6. The van der Waals surface area contributed by atoms with Crippen molar-refractivity contribution in [3.63, 3.8) is 0 Å². The van der Waals surface area contributed by atoms with Gasteiger partial charge in [0.15, 0.2) is 0 Å². The number of nitrogens with one attached hydrogen (secondary N) is 1. The third kappa shape index (κ3) is 3.90. The van der Waals surface area contributed by atoms with Crippen LogP contribution in [-0.4, -0.2) is 19.6 Å². The van der Waals surface area contributed by atoms with Crippen molar-refractivity contribution < 1.29 is 13.5 Å². The molecule has 0 saturated heterocycles. The first-order valence-electron chi connectivity index (χ1n) is 5.85. The van der Waals surface area contributed by atoms with E-state index in [0.29, 0.717) is 15.1 Å². The maximum Gasteiger partial charge on any atom is 0.242 e. The van der Waals surface area contributed by atoms with E-state index in [9.17, 15) is 8.42 Å². The zero-order valence-electron chi connectivity index (χ0n) is 10.7. The van der Waals surface area contributed by atoms with Crippen molar-refractivity contribution in [2.24, 2.45) is 0 Å². The molecule has 0 spiro atoms. The molecule has 2 heterocycles. The first-order chi connectivity index (χ1) is 9.42. The molecular formula is C12H14BrNO3S3. The van der Waals surface area contributed by atoms with Gasteiger partial charge < -0.3 is 5.11 Å². The largest absolute Gasteiger partial charge is 0.391 e. The van der Waals surface area contributed by atoms with Gasteiger partial charge in [-0.05, 0) is 57.7 Å². The van der Waals surface area contributed by atoms with E-state index in [-0.39, 0.29) is 17.5 Å². The number of sulfonamides is 1. The van der Waals surface area contributed by atoms with Crippen molar-refractivity contribution in [1.82, 2.24) is 4.72 Å². The Bertz CT molecular complexity index is 664. The summed E-state index contributed by atoms with van der Waals surface area (Å²) in [4.78, 5) is 0.798. The van der Waals surface area contributed by atoms with Crippen LogP contribution in [0, 0.1) is 0 Å². The van der Waals surface area contributed by atoms with Gasteiger partial charge in [-0.3, -0.25) is 0 Å². The van der Waals surface area contributed by atoms with Crippen molar-refractivity contribution in [1.29, 1.82) is 0 Å². The molecule has 0 fully saturated rings. The van der Waals surface area contributed by atoms with Crippen LogP contribution in [0.2, 0.25) is 0 Å². The Kier molecular flexibility index (Phi) is 5.38. The summed E-state index contributed by atoms with van der Waals surface area (Å²) >= 11 is 6.05. The monoisotopic (exact) mass is 395 g/mol. The summed E-state index contributed by atoms with van der Waals surface area (Å²) in [6, 6.07) is 3.28. The Morgan fingerprint density at radius 2 is 2.25 bits per heavy atom. The molecule has 0 aliphatic heterocycles. The fourth-order valence-electron chi connectivity index (χ4n) is 1.79. The highest BCUT2D eigenvalue weighted by Gasteiger charge is 2.22. The molecule has 20 heavy (non-hydrogen) atoms. The summed E-state index contributed by atoms with van der Waals surface area (Å²) in [6.07, 6.45) is 0.650. The van der Waals surface area contributed by atoms with Gasteiger partial charge in [0.05, 0.1) is 10.4 Å². The second-order valence-electron chi connectivity index (χ2n) is 4.37. The van der Waals surface area contributed by atoms with E-state index < -0.39 is 10.0 Å². The van der Waals surface area contributed by atoms with Gasteiger partial charge in [0.1, 0.15) is 4.90 Å². The quantitative estimate of drug-likeness (QED) is 0.789. The Morgan fingerprint density at radius 1 is 1.50 bits per heavy atom. The lowest BCUT2D eigenvalue weighted by Gasteiger charge is -2.13. The Morgan fingerprint density at radius 3 is 2.80 bits per heavy atom. The average Bonchev–Trinajstić information content (AvgIpc) is 2.97. The molecule has 2 aromatic heterocycles. The summed E-state index contributed by atoms with van der Waals surface area (Å²) in [5, 5.41) is 13.1. The molecule has 0 aliphatic carbocycles. The van der Waals surface area contributed by atoms with E-state index in [1.807, 2.05) is 23.8 Å². The summed E-state index contributed by atoms with van der Waals surface area (Å²) < 4.78 is 27.8. The fourth-order valence-corrected chi connectivity index (χ4v) is 6.26. The van der Waals surface area contributed by atoms with Crippen LogP contribution in [0.15, 0.2) is 31.6 Å². The van der Waals surface area contributed by atoms with Gasteiger partial charge in [-0.25, -0.2) is 13.1 Å². The summed E-state index contributed by atoms with van der Waals surface area (Å²) in [5.41, 5.74) is 1.12. The molecule has 1 unspecified atom stereocenters. The Balaban J connectivity index is 2.12. The van der Waals surface area contributed by atoms with E-state index in [0.717, 1.165) is 5.56 Å². The van der Waals surface area contributed by atoms with E-state index >= 15 is 0 Å². The van der Waals surface area contributed by atoms with Crippen LogP contribution in [-0.2, 0) is 23.1 Å². The van der Waals surface area contributed by atoms with Crippen molar-refractivity contribution in [3.8, 4) is 0 Å². The van der Waals surface area contributed by atoms with Gasteiger partial charge in [0, 0.05) is 10.9 Å². The molecule has 1 atom stereocenters. The van der Waals surface area contributed by atoms with Crippen molar-refractivity contribution in [2.75, 3.05) is 0 Å². The molecule has 0 saturated carbocycles. The number of thiophene rings is 2. The van der Waals surface area contributed by atoms with E-state index in [1.54, 1.807) is 11.3 Å². The second kappa shape index (κ2) is 6.67. The molecule has 2 aromatic rings. The Labute approximate surface area is 134 Å². The number of aliphatic hydroxyl groups excluding tert-OH is 1. The lowest BCUT2D eigenvalue weighted by Crippen LogP contribution is -2.34. The zero-order chi connectivity index (χ0) is 14.8. The summed E-state index contributed by atoms with van der Waals surface area (Å²) in [5.74, 6) is 0. The third-order valence-corrected chi connectivity index (χ3v) is 7.19. The second-order valence-corrected chi connectivity index (χ2v) is 9.28. The zero-order valence-corrected chi connectivity index (χ0v) is 14.7. The van der Waals surface area contributed by atoms with E-state index in [2.05, 4.69) is 20.7 Å². The van der Waals surface area contributed by atoms with Gasteiger partial charge in [-0.15, -0.1) is 11.3 Å². The molecule has 0 aromatic carbocycles. The maximum atomic E-state index is 12.3. The third-order valence-electron chi connectivity index (χ3n) is 2.63. The van der Waals surface area contributed by atoms with Crippen LogP contribution in [0.5, 0.6) is 0 Å². The lowest BCUT2D eigenvalue weighted by molar-refractivity contribution is 0.285. The first kappa shape index (κ1) is 16.1. The van der Waals surface area contributed by atoms with Crippen LogP contribution in [0.1, 0.15) is 17.4 Å². The topological polar surface area (TPSA) is 66.4 Å². The summed E-state index contributed by atoms with van der Waals surface area (Å²) in [7, 11) is -3.58. The van der Waals surface area contributed by atoms with Crippen LogP contribution < -0.4 is 4.72 Å². The molecule has 0 radical (unpaired) electrons. The normalized spacial score (nSPS) is 13.6. The minimum Gasteiger partial charge on any atom is -0.391 e. The molecule has 4 nitrogen and oxygen atoms in total. The molecule has 110 valence electrons. The van der Waals surface area contributed by atoms with Gasteiger partial charge in [0.2, 0.25) is 10.0 Å². The van der Waals surface area contributed by atoms with E-state index in [4.69, 9.17) is 5.11 Å². The van der Waals surface area contributed by atoms with Crippen LogP contribution in [0.4, 0.5) is 0 Å². The minimum absolute atomic E-state index is 0.163. The number of aliphatic hydroxyl groups is 1. The summed E-state index contributed by atoms with van der Waals surface area (Å²) in [6.45, 7) is 1.67. The van der Waals surface area contributed by atoms with Gasteiger partial charge in [0.25, 0.3) is 0 Å². The van der Waals surface area contributed by atoms with Crippen molar-refractivity contribution in [3.05, 3.63) is 37.1 Å². The van der Waals surface area contributed by atoms with Crippen molar-refractivity contribution >= 4 is 48.6 Å². The first-order valence-corrected chi connectivity index (χ1v) is 9.88. The smallest absolute Gasteiger partial charge is 0.242 e. The minimum atomic E-state index is -3.58. The molecule has 0 aliphatic rings.